The summed E-state index contributed by atoms with van der Waals surface area (Å²) in [7, 11) is 0. The molecule has 9 nitrogen and oxygen atoms in total. The first kappa shape index (κ1) is 20.3. The Balaban J connectivity index is 1.30. The number of nitrogens with zero attached hydrogens (tertiary/aromatic N) is 6. The Hall–Kier alpha value is -3.30. The van der Waals surface area contributed by atoms with E-state index in [1.807, 2.05) is 16.7 Å². The molecule has 2 amide bonds. The third-order valence-corrected chi connectivity index (χ3v) is 6.59. The highest BCUT2D eigenvalue weighted by Gasteiger charge is 2.33. The summed E-state index contributed by atoms with van der Waals surface area (Å²) in [6, 6.07) is 9.28. The van der Waals surface area contributed by atoms with Crippen molar-refractivity contribution in [2.45, 2.75) is 25.4 Å². The van der Waals surface area contributed by atoms with Crippen molar-refractivity contribution in [2.75, 3.05) is 31.2 Å². The van der Waals surface area contributed by atoms with Crippen LogP contribution in [0.5, 0.6) is 0 Å². The largest absolute Gasteiger partial charge is 0.378 e. The van der Waals surface area contributed by atoms with Gasteiger partial charge in [0, 0.05) is 24.7 Å². The molecule has 0 N–H and O–H groups in total. The molecule has 2 aliphatic heterocycles. The summed E-state index contributed by atoms with van der Waals surface area (Å²) in [5.74, 6) is 0.892. The second-order valence-corrected chi connectivity index (χ2v) is 8.87. The van der Waals surface area contributed by atoms with Gasteiger partial charge in [0.2, 0.25) is 0 Å². The van der Waals surface area contributed by atoms with E-state index < -0.39 is 0 Å². The first-order valence-corrected chi connectivity index (χ1v) is 11.4. The number of amides is 2. The fourth-order valence-electron chi connectivity index (χ4n) is 4.37. The van der Waals surface area contributed by atoms with E-state index >= 15 is 0 Å². The molecule has 3 aromatic rings. The summed E-state index contributed by atoms with van der Waals surface area (Å²) in [6.07, 6.45) is 3.95. The number of rotatable bonds is 4. The van der Waals surface area contributed by atoms with Gasteiger partial charge in [-0.05, 0) is 42.7 Å². The highest BCUT2D eigenvalue weighted by Crippen LogP contribution is 2.38. The summed E-state index contributed by atoms with van der Waals surface area (Å²) in [6.45, 7) is 2.40. The van der Waals surface area contributed by atoms with Crippen LogP contribution in [-0.4, -0.2) is 62.8 Å². The number of morpholine rings is 1. The average molecular weight is 465 g/mol. The van der Waals surface area contributed by atoms with E-state index in [0.29, 0.717) is 67.4 Å². The van der Waals surface area contributed by atoms with E-state index in [1.165, 1.54) is 0 Å². The maximum absolute atomic E-state index is 13.2. The van der Waals surface area contributed by atoms with Crippen molar-refractivity contribution in [1.29, 1.82) is 0 Å². The van der Waals surface area contributed by atoms with Crippen LogP contribution in [0.2, 0.25) is 5.02 Å². The van der Waals surface area contributed by atoms with E-state index in [0.717, 1.165) is 18.4 Å². The zero-order valence-electron chi connectivity index (χ0n) is 17.8. The molecule has 1 saturated heterocycles. The van der Waals surface area contributed by atoms with Gasteiger partial charge in [0.1, 0.15) is 17.8 Å². The monoisotopic (exact) mass is 464 g/mol. The molecule has 168 valence electrons. The number of hydrogen-bond acceptors (Lipinski definition) is 6. The van der Waals surface area contributed by atoms with E-state index in [1.54, 1.807) is 34.3 Å². The molecule has 0 spiro atoms. The van der Waals surface area contributed by atoms with Gasteiger partial charge in [-0.3, -0.25) is 14.5 Å². The number of aromatic nitrogens is 4. The molecule has 10 heteroatoms. The van der Waals surface area contributed by atoms with Crippen LogP contribution in [0.4, 0.5) is 5.82 Å². The van der Waals surface area contributed by atoms with Crippen LogP contribution in [0.25, 0.3) is 11.5 Å². The second kappa shape index (κ2) is 7.93. The summed E-state index contributed by atoms with van der Waals surface area (Å²) >= 11 is 6.44. The molecule has 0 atom stereocenters. The Labute approximate surface area is 194 Å². The van der Waals surface area contributed by atoms with E-state index in [9.17, 15) is 9.59 Å². The number of ether oxygens (including phenoxy) is 1. The fraction of sp³-hybridized carbons (Fsp3) is 0.348. The molecule has 4 heterocycles. The van der Waals surface area contributed by atoms with Gasteiger partial charge in [-0.2, -0.15) is 0 Å². The summed E-state index contributed by atoms with van der Waals surface area (Å²) in [5.41, 5.74) is 2.33. The van der Waals surface area contributed by atoms with E-state index in [-0.39, 0.29) is 16.8 Å². The lowest BCUT2D eigenvalue weighted by molar-refractivity contribution is 0.0303. The van der Waals surface area contributed by atoms with Crippen molar-refractivity contribution in [3.05, 3.63) is 58.4 Å². The Morgan fingerprint density at radius 2 is 1.97 bits per heavy atom. The molecule has 1 saturated carbocycles. The number of hydrogen-bond donors (Lipinski definition) is 0. The van der Waals surface area contributed by atoms with Gasteiger partial charge in [0.05, 0.1) is 30.3 Å². The van der Waals surface area contributed by atoms with Crippen LogP contribution in [0.3, 0.4) is 0 Å². The number of carbonyl (C=O) groups excluding carboxylic acids is 2. The number of halogens is 1. The van der Waals surface area contributed by atoms with Crippen molar-refractivity contribution in [2.24, 2.45) is 0 Å². The quantitative estimate of drug-likeness (QED) is 0.589. The minimum atomic E-state index is -0.189. The van der Waals surface area contributed by atoms with Crippen LogP contribution in [0, 0.1) is 0 Å². The Morgan fingerprint density at radius 3 is 2.76 bits per heavy atom. The summed E-state index contributed by atoms with van der Waals surface area (Å²) in [4.78, 5) is 34.2. The SMILES string of the molecule is O=C(c1cc2c(cc1Cl)C(=O)N(c1cccc(-c3nncn3C3CC3)n1)C2)N1CCOCC1. The van der Waals surface area contributed by atoms with E-state index in [4.69, 9.17) is 21.3 Å². The van der Waals surface area contributed by atoms with Crippen LogP contribution in [-0.2, 0) is 11.3 Å². The molecule has 1 aliphatic carbocycles. The van der Waals surface area contributed by atoms with Crippen molar-refractivity contribution < 1.29 is 14.3 Å². The first-order chi connectivity index (χ1) is 16.1. The predicted molar refractivity (Wildman–Crippen MR) is 120 cm³/mol. The zero-order valence-corrected chi connectivity index (χ0v) is 18.5. The molecular formula is C23H21ClN6O3. The molecular weight excluding hydrogens is 444 g/mol. The maximum Gasteiger partial charge on any atom is 0.260 e. The highest BCUT2D eigenvalue weighted by atomic mass is 35.5. The van der Waals surface area contributed by atoms with Crippen LogP contribution >= 0.6 is 11.6 Å². The molecule has 33 heavy (non-hydrogen) atoms. The number of carbonyl (C=O) groups is 2. The lowest BCUT2D eigenvalue weighted by Gasteiger charge is -2.27. The topological polar surface area (TPSA) is 93.5 Å². The summed E-state index contributed by atoms with van der Waals surface area (Å²) < 4.78 is 7.37. The third kappa shape index (κ3) is 3.57. The maximum atomic E-state index is 13.2. The van der Waals surface area contributed by atoms with Gasteiger partial charge in [0.25, 0.3) is 11.8 Å². The number of anilines is 1. The molecule has 0 radical (unpaired) electrons. The number of fused-ring (bicyclic) bond motifs is 1. The third-order valence-electron chi connectivity index (χ3n) is 6.28. The van der Waals surface area contributed by atoms with Gasteiger partial charge in [-0.15, -0.1) is 10.2 Å². The Bertz CT molecular complexity index is 1260. The molecule has 2 fully saturated rings. The predicted octanol–water partition coefficient (Wildman–Crippen LogP) is 2.96. The molecule has 1 aromatic carbocycles. The Kier molecular flexibility index (Phi) is 4.88. The zero-order chi connectivity index (χ0) is 22.5. The molecule has 0 bridgehead atoms. The standard InChI is InChI=1S/C23H21ClN6O3/c24-18-11-16-14(10-17(18)22(31)28-6-8-33-9-7-28)12-29(23(16)32)20-3-1-2-19(26-20)21-27-25-13-30(21)15-4-5-15/h1-3,10-11,13,15H,4-9,12H2. The van der Waals surface area contributed by atoms with Crippen molar-refractivity contribution >= 4 is 29.2 Å². The van der Waals surface area contributed by atoms with Gasteiger partial charge in [-0.25, -0.2) is 4.98 Å². The van der Waals surface area contributed by atoms with Crippen molar-refractivity contribution in [3.63, 3.8) is 0 Å². The smallest absolute Gasteiger partial charge is 0.260 e. The lowest BCUT2D eigenvalue weighted by Crippen LogP contribution is -2.40. The van der Waals surface area contributed by atoms with E-state index in [2.05, 4.69) is 10.2 Å². The van der Waals surface area contributed by atoms with Crippen LogP contribution in [0.15, 0.2) is 36.7 Å². The fourth-order valence-corrected chi connectivity index (χ4v) is 4.61. The molecule has 0 unspecified atom stereocenters. The van der Waals surface area contributed by atoms with Crippen LogP contribution in [0.1, 0.15) is 45.2 Å². The number of pyridine rings is 1. The van der Waals surface area contributed by atoms with Gasteiger partial charge in [0.15, 0.2) is 5.82 Å². The normalized spacial score (nSPS) is 18.0. The Morgan fingerprint density at radius 1 is 1.15 bits per heavy atom. The molecule has 6 rings (SSSR count). The van der Waals surface area contributed by atoms with Crippen molar-refractivity contribution in [3.8, 4) is 11.5 Å². The number of benzene rings is 1. The van der Waals surface area contributed by atoms with Gasteiger partial charge >= 0.3 is 0 Å². The van der Waals surface area contributed by atoms with Crippen molar-refractivity contribution in [1.82, 2.24) is 24.6 Å². The molecule has 2 aromatic heterocycles. The second-order valence-electron chi connectivity index (χ2n) is 8.46. The first-order valence-electron chi connectivity index (χ1n) is 11.0. The van der Waals surface area contributed by atoms with Crippen LogP contribution < -0.4 is 4.90 Å². The molecule has 3 aliphatic rings. The summed E-state index contributed by atoms with van der Waals surface area (Å²) in [5, 5.41) is 8.56. The van der Waals surface area contributed by atoms with Gasteiger partial charge < -0.3 is 14.2 Å². The minimum absolute atomic E-state index is 0.142. The lowest BCUT2D eigenvalue weighted by atomic mass is 10.0. The van der Waals surface area contributed by atoms with Gasteiger partial charge in [-0.1, -0.05) is 17.7 Å². The average Bonchev–Trinajstić information content (AvgIpc) is 3.49. The minimum Gasteiger partial charge on any atom is -0.378 e. The highest BCUT2D eigenvalue weighted by molar-refractivity contribution is 6.34.